The summed E-state index contributed by atoms with van der Waals surface area (Å²) in [4.78, 5) is 24.0. The number of piperidine rings is 1. The molecule has 0 saturated carbocycles. The van der Waals surface area contributed by atoms with Crippen LogP contribution in [-0.4, -0.2) is 44.2 Å². The molecule has 1 saturated heterocycles. The van der Waals surface area contributed by atoms with Gasteiger partial charge in [-0.1, -0.05) is 29.3 Å². The number of allylic oxidation sites excluding steroid dienone is 1. The number of hydrogen-bond acceptors (Lipinski definition) is 7. The van der Waals surface area contributed by atoms with Gasteiger partial charge in [-0.05, 0) is 31.9 Å². The molecular weight excluding hydrogens is 441 g/mol. The van der Waals surface area contributed by atoms with Crippen molar-refractivity contribution >= 4 is 45.0 Å². The monoisotopic (exact) mass is 459 g/mol. The Morgan fingerprint density at radius 2 is 1.93 bits per heavy atom. The smallest absolute Gasteiger partial charge is 0.309 e. The van der Waals surface area contributed by atoms with Gasteiger partial charge in [-0.15, -0.1) is 0 Å². The number of Topliss-reactive ketones (excluding diaryl/α,β-unsaturated/α-hetero) is 1. The Bertz CT molecular complexity index is 989. The van der Waals surface area contributed by atoms with Crippen LogP contribution < -0.4 is 5.73 Å². The molecule has 0 atom stereocenters. The van der Waals surface area contributed by atoms with E-state index in [9.17, 15) is 18.0 Å². The summed E-state index contributed by atoms with van der Waals surface area (Å²) in [5, 5.41) is 8.97. The van der Waals surface area contributed by atoms with Gasteiger partial charge in [-0.2, -0.15) is 9.57 Å². The van der Waals surface area contributed by atoms with Crippen molar-refractivity contribution in [2.75, 3.05) is 19.7 Å². The number of hydrogen-bond donors (Lipinski definition) is 1. The standard InChI is InChI=1S/C18H19Cl2N3O5S/c1-11(22)13(9-21)15(24)10-28-18(25)12-5-7-23(8-6-12)29(26,27)16-4-2-3-14(19)17(16)20/h2-4,12H,5-8,10,22H2,1H3/b13-11-. The number of rotatable bonds is 6. The van der Waals surface area contributed by atoms with Crippen molar-refractivity contribution in [2.45, 2.75) is 24.7 Å². The van der Waals surface area contributed by atoms with Crippen molar-refractivity contribution in [3.63, 3.8) is 0 Å². The highest BCUT2D eigenvalue weighted by Gasteiger charge is 2.34. The molecule has 1 aliphatic heterocycles. The van der Waals surface area contributed by atoms with Gasteiger partial charge in [0.05, 0.1) is 16.0 Å². The molecule has 0 bridgehead atoms. The fraction of sp³-hybridized carbons (Fsp3) is 0.389. The van der Waals surface area contributed by atoms with Gasteiger partial charge in [-0.25, -0.2) is 8.42 Å². The molecular formula is C18H19Cl2N3O5S. The second-order valence-corrected chi connectivity index (χ2v) is 9.12. The van der Waals surface area contributed by atoms with Crippen LogP contribution in [0.5, 0.6) is 0 Å². The quantitative estimate of drug-likeness (QED) is 0.391. The number of ketones is 1. The van der Waals surface area contributed by atoms with Crippen LogP contribution in [0.15, 0.2) is 34.4 Å². The van der Waals surface area contributed by atoms with Crippen LogP contribution in [0.1, 0.15) is 19.8 Å². The number of nitriles is 1. The van der Waals surface area contributed by atoms with Crippen LogP contribution in [0.4, 0.5) is 0 Å². The van der Waals surface area contributed by atoms with Crippen molar-refractivity contribution in [3.8, 4) is 6.07 Å². The topological polar surface area (TPSA) is 131 Å². The van der Waals surface area contributed by atoms with Gasteiger partial charge in [0.25, 0.3) is 0 Å². The molecule has 2 N–H and O–H groups in total. The zero-order chi connectivity index (χ0) is 21.8. The van der Waals surface area contributed by atoms with Gasteiger partial charge in [0.15, 0.2) is 6.61 Å². The summed E-state index contributed by atoms with van der Waals surface area (Å²) in [6.07, 6.45) is 0.447. The average molecular weight is 460 g/mol. The zero-order valence-corrected chi connectivity index (χ0v) is 17.9. The third-order valence-electron chi connectivity index (χ3n) is 4.45. The summed E-state index contributed by atoms with van der Waals surface area (Å²) in [6.45, 7) is 0.988. The molecule has 156 valence electrons. The number of ether oxygens (including phenoxy) is 1. The largest absolute Gasteiger partial charge is 0.457 e. The van der Waals surface area contributed by atoms with E-state index in [4.69, 9.17) is 38.9 Å². The minimum atomic E-state index is -3.86. The minimum Gasteiger partial charge on any atom is -0.457 e. The predicted molar refractivity (Wildman–Crippen MR) is 106 cm³/mol. The van der Waals surface area contributed by atoms with Gasteiger partial charge < -0.3 is 10.5 Å². The maximum atomic E-state index is 12.8. The summed E-state index contributed by atoms with van der Waals surface area (Å²) in [5.41, 5.74) is 5.23. The Hall–Kier alpha value is -2.12. The Morgan fingerprint density at radius 1 is 1.31 bits per heavy atom. The van der Waals surface area contributed by atoms with Crippen LogP contribution in [0.3, 0.4) is 0 Å². The van der Waals surface area contributed by atoms with Crippen LogP contribution >= 0.6 is 23.2 Å². The second-order valence-electron chi connectivity index (χ2n) is 6.43. The number of nitrogens with zero attached hydrogens (tertiary/aromatic N) is 2. The van der Waals surface area contributed by atoms with Crippen molar-refractivity contribution in [3.05, 3.63) is 39.5 Å². The van der Waals surface area contributed by atoms with E-state index < -0.39 is 34.3 Å². The highest BCUT2D eigenvalue weighted by molar-refractivity contribution is 7.89. The number of sulfonamides is 1. The highest BCUT2D eigenvalue weighted by Crippen LogP contribution is 2.32. The van der Waals surface area contributed by atoms with Crippen LogP contribution in [0.25, 0.3) is 0 Å². The van der Waals surface area contributed by atoms with E-state index >= 15 is 0 Å². The Morgan fingerprint density at radius 3 is 2.48 bits per heavy atom. The third-order valence-corrected chi connectivity index (χ3v) is 7.32. The first-order chi connectivity index (χ1) is 13.6. The van der Waals surface area contributed by atoms with Gasteiger partial charge in [0.2, 0.25) is 15.8 Å². The molecule has 8 nitrogen and oxygen atoms in total. The molecule has 1 aliphatic rings. The lowest BCUT2D eigenvalue weighted by molar-refractivity contribution is -0.152. The molecule has 0 radical (unpaired) electrons. The fourth-order valence-electron chi connectivity index (χ4n) is 2.85. The summed E-state index contributed by atoms with van der Waals surface area (Å²) in [7, 11) is -3.86. The van der Waals surface area contributed by atoms with Crippen LogP contribution in [-0.2, 0) is 24.3 Å². The Balaban J connectivity index is 1.97. The van der Waals surface area contributed by atoms with Crippen molar-refractivity contribution < 1.29 is 22.7 Å². The number of esters is 1. The van der Waals surface area contributed by atoms with E-state index in [-0.39, 0.29) is 52.1 Å². The molecule has 1 aromatic rings. The van der Waals surface area contributed by atoms with Crippen LogP contribution in [0, 0.1) is 17.2 Å². The lowest BCUT2D eigenvalue weighted by Gasteiger charge is -2.30. The summed E-state index contributed by atoms with van der Waals surface area (Å²) < 4.78 is 31.8. The molecule has 1 aromatic carbocycles. The van der Waals surface area contributed by atoms with Gasteiger partial charge in [-0.3, -0.25) is 9.59 Å². The van der Waals surface area contributed by atoms with Crippen LogP contribution in [0.2, 0.25) is 10.0 Å². The van der Waals surface area contributed by atoms with Crippen molar-refractivity contribution in [2.24, 2.45) is 11.7 Å². The van der Waals surface area contributed by atoms with E-state index in [1.54, 1.807) is 6.07 Å². The maximum absolute atomic E-state index is 12.8. The normalized spacial score (nSPS) is 16.6. The fourth-order valence-corrected chi connectivity index (χ4v) is 5.06. The van der Waals surface area contributed by atoms with E-state index in [2.05, 4.69) is 0 Å². The maximum Gasteiger partial charge on any atom is 0.309 e. The molecule has 1 heterocycles. The lowest BCUT2D eigenvalue weighted by atomic mass is 9.98. The van der Waals surface area contributed by atoms with Gasteiger partial charge in [0.1, 0.15) is 16.5 Å². The molecule has 2 rings (SSSR count). The molecule has 29 heavy (non-hydrogen) atoms. The molecule has 11 heteroatoms. The lowest BCUT2D eigenvalue weighted by Crippen LogP contribution is -2.40. The number of halogens is 2. The number of carbonyl (C=O) groups excluding carboxylic acids is 2. The molecule has 1 fully saturated rings. The molecule has 0 unspecified atom stereocenters. The zero-order valence-electron chi connectivity index (χ0n) is 15.5. The SMILES string of the molecule is C/C(N)=C(\C#N)C(=O)COC(=O)C1CCN(S(=O)(=O)c2cccc(Cl)c2Cl)CC1. The van der Waals surface area contributed by atoms with Gasteiger partial charge >= 0.3 is 5.97 Å². The molecule has 0 aromatic heterocycles. The predicted octanol–water partition coefficient (Wildman–Crippen LogP) is 2.26. The highest BCUT2D eigenvalue weighted by atomic mass is 35.5. The Labute approximate surface area is 178 Å². The van der Waals surface area contributed by atoms with Crippen molar-refractivity contribution in [1.82, 2.24) is 4.31 Å². The number of carbonyl (C=O) groups is 2. The number of nitrogens with two attached hydrogens (primary N) is 1. The van der Waals surface area contributed by atoms with E-state index in [1.165, 1.54) is 29.4 Å². The van der Waals surface area contributed by atoms with E-state index in [0.717, 1.165) is 0 Å². The van der Waals surface area contributed by atoms with E-state index in [0.29, 0.717) is 0 Å². The third kappa shape index (κ3) is 5.28. The Kier molecular flexibility index (Phi) is 7.66. The minimum absolute atomic E-state index is 0.0479. The summed E-state index contributed by atoms with van der Waals surface area (Å²) >= 11 is 11.9. The second kappa shape index (κ2) is 9.59. The van der Waals surface area contributed by atoms with Crippen molar-refractivity contribution in [1.29, 1.82) is 5.26 Å². The van der Waals surface area contributed by atoms with E-state index in [1.807, 2.05) is 0 Å². The van der Waals surface area contributed by atoms with Gasteiger partial charge in [0, 0.05) is 18.8 Å². The summed E-state index contributed by atoms with van der Waals surface area (Å²) in [6, 6.07) is 6.03. The molecule has 0 amide bonds. The summed E-state index contributed by atoms with van der Waals surface area (Å²) in [5.74, 6) is -1.86. The first-order valence-electron chi connectivity index (χ1n) is 8.60. The number of benzene rings is 1. The first-order valence-corrected chi connectivity index (χ1v) is 10.8. The average Bonchev–Trinajstić information content (AvgIpc) is 2.68. The molecule has 0 aliphatic carbocycles. The first kappa shape index (κ1) is 23.2. The molecule has 0 spiro atoms.